The summed E-state index contributed by atoms with van der Waals surface area (Å²) in [5.74, 6) is 0. The lowest BCUT2D eigenvalue weighted by Gasteiger charge is -2.15. The van der Waals surface area contributed by atoms with Crippen molar-refractivity contribution < 1.29 is 4.74 Å². The third-order valence-corrected chi connectivity index (χ3v) is 1.95. The number of hydrogen-bond acceptors (Lipinski definition) is 2. The molecule has 0 radical (unpaired) electrons. The molecule has 12 heavy (non-hydrogen) atoms. The highest BCUT2D eigenvalue weighted by molar-refractivity contribution is 4.59. The zero-order valence-corrected chi connectivity index (χ0v) is 8.68. The molecule has 2 unspecified atom stereocenters. The maximum atomic E-state index is 5.80. The van der Waals surface area contributed by atoms with Crippen LogP contribution in [0.2, 0.25) is 0 Å². The van der Waals surface area contributed by atoms with Crippen LogP contribution in [0.1, 0.15) is 46.5 Å². The van der Waals surface area contributed by atoms with Crippen LogP contribution in [-0.2, 0) is 4.74 Å². The molecule has 0 aromatic carbocycles. The fourth-order valence-electron chi connectivity index (χ4n) is 1.23. The van der Waals surface area contributed by atoms with Crippen molar-refractivity contribution in [1.29, 1.82) is 0 Å². The number of nitrogens with two attached hydrogens (primary N) is 1. The molecule has 0 spiro atoms. The van der Waals surface area contributed by atoms with Crippen molar-refractivity contribution in [2.75, 3.05) is 6.61 Å². The van der Waals surface area contributed by atoms with Crippen LogP contribution in [-0.4, -0.2) is 18.8 Å². The van der Waals surface area contributed by atoms with Crippen molar-refractivity contribution in [2.45, 2.75) is 58.6 Å². The van der Waals surface area contributed by atoms with Gasteiger partial charge in [-0.3, -0.25) is 0 Å². The first-order chi connectivity index (χ1) is 5.70. The zero-order chi connectivity index (χ0) is 9.40. The van der Waals surface area contributed by atoms with Gasteiger partial charge in [-0.1, -0.05) is 26.7 Å². The first kappa shape index (κ1) is 11.9. The molecule has 0 saturated heterocycles. The molecule has 0 amide bonds. The van der Waals surface area contributed by atoms with Gasteiger partial charge in [-0.15, -0.1) is 0 Å². The molecule has 74 valence electrons. The van der Waals surface area contributed by atoms with E-state index in [0.717, 1.165) is 25.9 Å². The maximum Gasteiger partial charge on any atom is 0.0621 e. The van der Waals surface area contributed by atoms with Crippen LogP contribution in [0.15, 0.2) is 0 Å². The Morgan fingerprint density at radius 1 is 1.17 bits per heavy atom. The van der Waals surface area contributed by atoms with Crippen molar-refractivity contribution in [3.05, 3.63) is 0 Å². The molecule has 0 aliphatic carbocycles. The Kier molecular flexibility index (Phi) is 7.51. The molecule has 0 rings (SSSR count). The maximum absolute atomic E-state index is 5.80. The third kappa shape index (κ3) is 6.62. The van der Waals surface area contributed by atoms with Crippen molar-refractivity contribution in [3.63, 3.8) is 0 Å². The lowest BCUT2D eigenvalue weighted by molar-refractivity contribution is 0.0491. The Morgan fingerprint density at radius 3 is 2.25 bits per heavy atom. The van der Waals surface area contributed by atoms with Crippen LogP contribution >= 0.6 is 0 Å². The molecule has 0 fully saturated rings. The van der Waals surface area contributed by atoms with E-state index in [1.807, 2.05) is 0 Å². The van der Waals surface area contributed by atoms with Gasteiger partial charge in [0.2, 0.25) is 0 Å². The van der Waals surface area contributed by atoms with Gasteiger partial charge in [-0.25, -0.2) is 0 Å². The van der Waals surface area contributed by atoms with E-state index in [1.54, 1.807) is 0 Å². The van der Waals surface area contributed by atoms with E-state index in [-0.39, 0.29) is 6.04 Å². The van der Waals surface area contributed by atoms with Gasteiger partial charge in [-0.2, -0.15) is 0 Å². The third-order valence-electron chi connectivity index (χ3n) is 1.95. The first-order valence-corrected chi connectivity index (χ1v) is 5.07. The lowest BCUT2D eigenvalue weighted by atomic mass is 10.2. The summed E-state index contributed by atoms with van der Waals surface area (Å²) in [5, 5.41) is 0. The summed E-state index contributed by atoms with van der Waals surface area (Å²) >= 11 is 0. The second kappa shape index (κ2) is 7.56. The summed E-state index contributed by atoms with van der Waals surface area (Å²) in [6.07, 6.45) is 4.91. The highest BCUT2D eigenvalue weighted by Crippen LogP contribution is 2.02. The molecule has 2 nitrogen and oxygen atoms in total. The van der Waals surface area contributed by atoms with Crippen LogP contribution in [0, 0.1) is 0 Å². The summed E-state index contributed by atoms with van der Waals surface area (Å²) in [6, 6.07) is 0.231. The quantitative estimate of drug-likeness (QED) is 0.641. The summed E-state index contributed by atoms with van der Waals surface area (Å²) < 4.78 is 5.57. The van der Waals surface area contributed by atoms with E-state index in [2.05, 4.69) is 20.8 Å². The fraction of sp³-hybridized carbons (Fsp3) is 1.00. The summed E-state index contributed by atoms with van der Waals surface area (Å²) in [4.78, 5) is 0. The Bertz CT molecular complexity index is 83.8. The second-order valence-corrected chi connectivity index (χ2v) is 3.48. The Labute approximate surface area is 76.5 Å². The highest BCUT2D eigenvalue weighted by atomic mass is 16.5. The standard InChI is InChI=1S/C10H23NO/c1-4-6-9(3)12-8-10(11)7-5-2/h9-10H,4-8,11H2,1-3H3. The molecule has 0 aliphatic heterocycles. The minimum absolute atomic E-state index is 0.231. The molecule has 2 N–H and O–H groups in total. The molecule has 0 aromatic heterocycles. The van der Waals surface area contributed by atoms with E-state index in [0.29, 0.717) is 6.10 Å². The summed E-state index contributed by atoms with van der Waals surface area (Å²) in [7, 11) is 0. The molecule has 0 saturated carbocycles. The number of rotatable bonds is 7. The van der Waals surface area contributed by atoms with Crippen molar-refractivity contribution >= 4 is 0 Å². The van der Waals surface area contributed by atoms with E-state index in [9.17, 15) is 0 Å². The Hall–Kier alpha value is -0.0800. The molecule has 0 heterocycles. The van der Waals surface area contributed by atoms with E-state index < -0.39 is 0 Å². The van der Waals surface area contributed by atoms with Gasteiger partial charge < -0.3 is 10.5 Å². The molecular formula is C10H23NO. The van der Waals surface area contributed by atoms with E-state index in [4.69, 9.17) is 10.5 Å². The van der Waals surface area contributed by atoms with Gasteiger partial charge in [-0.05, 0) is 19.8 Å². The zero-order valence-electron chi connectivity index (χ0n) is 8.68. The van der Waals surface area contributed by atoms with Crippen molar-refractivity contribution in [1.82, 2.24) is 0 Å². The number of hydrogen-bond donors (Lipinski definition) is 1. The average Bonchev–Trinajstić information content (AvgIpc) is 2.02. The first-order valence-electron chi connectivity index (χ1n) is 5.07. The van der Waals surface area contributed by atoms with Gasteiger partial charge in [0, 0.05) is 6.04 Å². The van der Waals surface area contributed by atoms with Crippen LogP contribution in [0.25, 0.3) is 0 Å². The minimum Gasteiger partial charge on any atom is -0.377 e. The van der Waals surface area contributed by atoms with Gasteiger partial charge in [0.1, 0.15) is 0 Å². The molecule has 0 aromatic rings. The van der Waals surface area contributed by atoms with Crippen molar-refractivity contribution in [3.8, 4) is 0 Å². The number of ether oxygens (including phenoxy) is 1. The predicted octanol–water partition coefficient (Wildman–Crippen LogP) is 2.32. The normalized spacial score (nSPS) is 16.0. The summed E-state index contributed by atoms with van der Waals surface area (Å²) in [6.45, 7) is 7.15. The van der Waals surface area contributed by atoms with Crippen LogP contribution in [0.4, 0.5) is 0 Å². The smallest absolute Gasteiger partial charge is 0.0621 e. The highest BCUT2D eigenvalue weighted by Gasteiger charge is 2.04. The summed E-state index contributed by atoms with van der Waals surface area (Å²) in [5.41, 5.74) is 5.80. The van der Waals surface area contributed by atoms with Gasteiger partial charge in [0.05, 0.1) is 12.7 Å². The molecular weight excluding hydrogens is 150 g/mol. The second-order valence-electron chi connectivity index (χ2n) is 3.48. The molecule has 0 bridgehead atoms. The minimum atomic E-state index is 0.231. The fourth-order valence-corrected chi connectivity index (χ4v) is 1.23. The van der Waals surface area contributed by atoms with E-state index in [1.165, 1.54) is 6.42 Å². The average molecular weight is 173 g/mol. The largest absolute Gasteiger partial charge is 0.377 e. The SMILES string of the molecule is CCCC(N)COC(C)CCC. The van der Waals surface area contributed by atoms with Gasteiger partial charge in [0.15, 0.2) is 0 Å². The predicted molar refractivity (Wildman–Crippen MR) is 53.2 cm³/mol. The monoisotopic (exact) mass is 173 g/mol. The van der Waals surface area contributed by atoms with Crippen molar-refractivity contribution in [2.24, 2.45) is 5.73 Å². The Balaban J connectivity index is 3.27. The lowest BCUT2D eigenvalue weighted by Crippen LogP contribution is -2.28. The molecule has 2 heteroatoms. The van der Waals surface area contributed by atoms with Crippen LogP contribution in [0.3, 0.4) is 0 Å². The Morgan fingerprint density at radius 2 is 1.75 bits per heavy atom. The van der Waals surface area contributed by atoms with Gasteiger partial charge >= 0.3 is 0 Å². The molecule has 2 atom stereocenters. The van der Waals surface area contributed by atoms with E-state index >= 15 is 0 Å². The molecule has 0 aliphatic rings. The topological polar surface area (TPSA) is 35.2 Å². The van der Waals surface area contributed by atoms with Crippen LogP contribution in [0.5, 0.6) is 0 Å². The van der Waals surface area contributed by atoms with Gasteiger partial charge in [0.25, 0.3) is 0 Å². The van der Waals surface area contributed by atoms with Crippen LogP contribution < -0.4 is 5.73 Å².